The van der Waals surface area contributed by atoms with Crippen LogP contribution in [0.15, 0.2) is 47.3 Å². The molecule has 0 aliphatic heterocycles. The molecule has 1 amide bonds. The van der Waals surface area contributed by atoms with Gasteiger partial charge in [-0.15, -0.1) is 0 Å². The zero-order valence-corrected chi connectivity index (χ0v) is 11.9. The number of esters is 1. The Morgan fingerprint density at radius 3 is 2.55 bits per heavy atom. The van der Waals surface area contributed by atoms with E-state index >= 15 is 0 Å². The van der Waals surface area contributed by atoms with Gasteiger partial charge < -0.3 is 10.1 Å². The molecule has 22 heavy (non-hydrogen) atoms. The number of aromatic amines is 1. The minimum absolute atomic E-state index is 0.00447. The van der Waals surface area contributed by atoms with Crippen molar-refractivity contribution in [1.29, 1.82) is 0 Å². The van der Waals surface area contributed by atoms with Gasteiger partial charge in [-0.3, -0.25) is 9.59 Å². The van der Waals surface area contributed by atoms with Crippen molar-refractivity contribution in [1.82, 2.24) is 15.5 Å². The highest BCUT2D eigenvalue weighted by molar-refractivity contribution is 5.95. The lowest BCUT2D eigenvalue weighted by Crippen LogP contribution is -2.35. The highest BCUT2D eigenvalue weighted by Crippen LogP contribution is 2.15. The van der Waals surface area contributed by atoms with Crippen LogP contribution in [0.2, 0.25) is 0 Å². The largest absolute Gasteiger partial charge is 0.464 e. The fraction of sp³-hybridized carbons (Fsp3) is 0.200. The van der Waals surface area contributed by atoms with Gasteiger partial charge in [-0.1, -0.05) is 30.3 Å². The van der Waals surface area contributed by atoms with Gasteiger partial charge in [-0.2, -0.15) is 5.10 Å². The first-order valence-corrected chi connectivity index (χ1v) is 6.70. The Balaban J connectivity index is 2.22. The molecule has 1 aromatic carbocycles. The van der Waals surface area contributed by atoms with Gasteiger partial charge >= 0.3 is 5.97 Å². The smallest absolute Gasteiger partial charge is 0.333 e. The van der Waals surface area contributed by atoms with Gasteiger partial charge in [0.05, 0.1) is 6.61 Å². The standard InChI is InChI=1S/C15H15N3O4/c1-2-22-15(21)13(10-6-4-3-5-7-10)16-14(20)11-8-9-12(19)18-17-11/h3-9,13H,2H2,1H3,(H,16,20)(H,18,19). The molecule has 7 heteroatoms. The molecular weight excluding hydrogens is 286 g/mol. The van der Waals surface area contributed by atoms with Crippen LogP contribution in [0.1, 0.15) is 29.0 Å². The number of hydrogen-bond donors (Lipinski definition) is 2. The summed E-state index contributed by atoms with van der Waals surface area (Å²) in [7, 11) is 0. The number of hydrogen-bond acceptors (Lipinski definition) is 5. The van der Waals surface area contributed by atoms with Crippen LogP contribution in [0.25, 0.3) is 0 Å². The lowest BCUT2D eigenvalue weighted by molar-refractivity contribution is -0.145. The number of rotatable bonds is 5. The summed E-state index contributed by atoms with van der Waals surface area (Å²) in [5, 5.41) is 8.35. The predicted molar refractivity (Wildman–Crippen MR) is 78.1 cm³/mol. The van der Waals surface area contributed by atoms with Gasteiger partial charge in [0.15, 0.2) is 6.04 Å². The molecule has 114 valence electrons. The first-order valence-electron chi connectivity index (χ1n) is 6.70. The summed E-state index contributed by atoms with van der Waals surface area (Å²) >= 11 is 0. The number of aromatic nitrogens is 2. The van der Waals surface area contributed by atoms with E-state index in [9.17, 15) is 14.4 Å². The molecule has 0 bridgehead atoms. The Hall–Kier alpha value is -2.96. The molecule has 2 N–H and O–H groups in total. The predicted octanol–water partition coefficient (Wildman–Crippen LogP) is 0.804. The Morgan fingerprint density at radius 1 is 1.23 bits per heavy atom. The molecule has 0 spiro atoms. The van der Waals surface area contributed by atoms with Crippen molar-refractivity contribution in [2.45, 2.75) is 13.0 Å². The van der Waals surface area contributed by atoms with Gasteiger partial charge in [-0.25, -0.2) is 9.89 Å². The lowest BCUT2D eigenvalue weighted by Gasteiger charge is -2.17. The second kappa shape index (κ2) is 7.16. The second-order valence-electron chi connectivity index (χ2n) is 4.38. The van der Waals surface area contributed by atoms with Crippen LogP contribution in [-0.4, -0.2) is 28.7 Å². The maximum Gasteiger partial charge on any atom is 0.333 e. The highest BCUT2D eigenvalue weighted by Gasteiger charge is 2.24. The van der Waals surface area contributed by atoms with Crippen molar-refractivity contribution in [2.75, 3.05) is 6.61 Å². The van der Waals surface area contributed by atoms with Gasteiger partial charge in [0, 0.05) is 6.07 Å². The summed E-state index contributed by atoms with van der Waals surface area (Å²) in [5.41, 5.74) is 0.185. The van der Waals surface area contributed by atoms with Crippen LogP contribution in [0.3, 0.4) is 0 Å². The minimum atomic E-state index is -0.942. The molecule has 1 heterocycles. The van der Waals surface area contributed by atoms with E-state index in [1.807, 2.05) is 0 Å². The van der Waals surface area contributed by atoms with Crippen molar-refractivity contribution in [2.24, 2.45) is 0 Å². The van der Waals surface area contributed by atoms with Crippen molar-refractivity contribution < 1.29 is 14.3 Å². The van der Waals surface area contributed by atoms with Crippen LogP contribution in [-0.2, 0) is 9.53 Å². The van der Waals surface area contributed by atoms with Crippen LogP contribution in [0, 0.1) is 0 Å². The topological polar surface area (TPSA) is 101 Å². The molecule has 1 unspecified atom stereocenters. The molecule has 0 aliphatic carbocycles. The molecule has 2 rings (SSSR count). The maximum atomic E-state index is 12.1. The Kier molecular flexibility index (Phi) is 5.02. The SMILES string of the molecule is CCOC(=O)C(NC(=O)c1ccc(=O)[nH]n1)c1ccccc1. The molecule has 7 nitrogen and oxygen atoms in total. The van der Waals surface area contributed by atoms with Gasteiger partial charge in [-0.05, 0) is 18.6 Å². The number of carbonyl (C=O) groups excluding carboxylic acids is 2. The zero-order valence-electron chi connectivity index (χ0n) is 11.9. The molecular formula is C15H15N3O4. The second-order valence-corrected chi connectivity index (χ2v) is 4.38. The van der Waals surface area contributed by atoms with E-state index in [0.29, 0.717) is 5.56 Å². The monoisotopic (exact) mass is 301 g/mol. The molecule has 1 atom stereocenters. The minimum Gasteiger partial charge on any atom is -0.464 e. The van der Waals surface area contributed by atoms with E-state index in [1.165, 1.54) is 12.1 Å². The van der Waals surface area contributed by atoms with E-state index in [0.717, 1.165) is 0 Å². The van der Waals surface area contributed by atoms with Gasteiger partial charge in [0.25, 0.3) is 11.5 Å². The van der Waals surface area contributed by atoms with Gasteiger partial charge in [0.2, 0.25) is 0 Å². The molecule has 0 saturated carbocycles. The first kappa shape index (κ1) is 15.4. The quantitative estimate of drug-likeness (QED) is 0.796. The van der Waals surface area contributed by atoms with E-state index in [-0.39, 0.29) is 12.3 Å². The average Bonchev–Trinajstić information content (AvgIpc) is 2.54. The summed E-state index contributed by atoms with van der Waals surface area (Å²) in [6, 6.07) is 10.3. The normalized spacial score (nSPS) is 11.5. The van der Waals surface area contributed by atoms with E-state index < -0.39 is 23.5 Å². The van der Waals surface area contributed by atoms with Crippen molar-refractivity contribution in [3.05, 3.63) is 64.1 Å². The van der Waals surface area contributed by atoms with Gasteiger partial charge in [0.1, 0.15) is 5.69 Å². The summed E-state index contributed by atoms with van der Waals surface area (Å²) in [5.74, 6) is -1.15. The number of nitrogens with one attached hydrogen (secondary N) is 2. The summed E-state index contributed by atoms with van der Waals surface area (Å²) in [4.78, 5) is 35.2. The van der Waals surface area contributed by atoms with Crippen LogP contribution < -0.4 is 10.9 Å². The highest BCUT2D eigenvalue weighted by atomic mass is 16.5. The van der Waals surface area contributed by atoms with Crippen LogP contribution in [0.4, 0.5) is 0 Å². The first-order chi connectivity index (χ1) is 10.6. The number of ether oxygens (including phenoxy) is 1. The maximum absolute atomic E-state index is 12.1. The lowest BCUT2D eigenvalue weighted by atomic mass is 10.1. The number of amides is 1. The third kappa shape index (κ3) is 3.78. The molecule has 0 saturated heterocycles. The molecule has 0 aliphatic rings. The Morgan fingerprint density at radius 2 is 1.95 bits per heavy atom. The Labute approximate surface area is 126 Å². The van der Waals surface area contributed by atoms with E-state index in [1.54, 1.807) is 37.3 Å². The average molecular weight is 301 g/mol. The number of carbonyl (C=O) groups is 2. The summed E-state index contributed by atoms with van der Waals surface area (Å²) in [6.45, 7) is 1.89. The van der Waals surface area contributed by atoms with E-state index in [2.05, 4.69) is 15.5 Å². The number of benzene rings is 1. The fourth-order valence-corrected chi connectivity index (χ4v) is 1.83. The third-order valence-corrected chi connectivity index (χ3v) is 2.84. The van der Waals surface area contributed by atoms with Crippen molar-refractivity contribution in [3.63, 3.8) is 0 Å². The Bertz CT molecular complexity index is 692. The third-order valence-electron chi connectivity index (χ3n) is 2.84. The summed E-state index contributed by atoms with van der Waals surface area (Å²) < 4.78 is 4.98. The van der Waals surface area contributed by atoms with Crippen LogP contribution >= 0.6 is 0 Å². The molecule has 2 aromatic rings. The van der Waals surface area contributed by atoms with Crippen LogP contribution in [0.5, 0.6) is 0 Å². The molecule has 0 fully saturated rings. The van der Waals surface area contributed by atoms with Crippen molar-refractivity contribution >= 4 is 11.9 Å². The molecule has 1 aromatic heterocycles. The zero-order chi connectivity index (χ0) is 15.9. The number of H-pyrrole nitrogens is 1. The van der Waals surface area contributed by atoms with Crippen molar-refractivity contribution in [3.8, 4) is 0 Å². The summed E-state index contributed by atoms with van der Waals surface area (Å²) in [6.07, 6.45) is 0. The number of nitrogens with zero attached hydrogens (tertiary/aromatic N) is 1. The van der Waals surface area contributed by atoms with E-state index in [4.69, 9.17) is 4.74 Å². The fourth-order valence-electron chi connectivity index (χ4n) is 1.83. The molecule has 0 radical (unpaired) electrons.